The van der Waals surface area contributed by atoms with Crippen molar-refractivity contribution in [2.24, 2.45) is 0 Å². The van der Waals surface area contributed by atoms with E-state index in [9.17, 15) is 0 Å². The van der Waals surface area contributed by atoms with E-state index >= 15 is 0 Å². The van der Waals surface area contributed by atoms with Crippen molar-refractivity contribution in [1.29, 1.82) is 0 Å². The maximum atomic E-state index is 8.78. The molecule has 0 aromatic heterocycles. The van der Waals surface area contributed by atoms with Crippen LogP contribution in [0.1, 0.15) is 43.2 Å². The van der Waals surface area contributed by atoms with E-state index in [0.29, 0.717) is 23.9 Å². The number of aliphatic hydroxyl groups excluding tert-OH is 1. The first kappa shape index (κ1) is 22.8. The highest BCUT2D eigenvalue weighted by atomic mass is 32.2. The van der Waals surface area contributed by atoms with Gasteiger partial charge < -0.3 is 24.1 Å². The lowest BCUT2D eigenvalue weighted by atomic mass is 10.00. The Hall–Kier alpha value is -1.27. The van der Waals surface area contributed by atoms with E-state index < -0.39 is 0 Å². The summed E-state index contributed by atoms with van der Waals surface area (Å²) in [7, 11) is 6.53. The van der Waals surface area contributed by atoms with Crippen LogP contribution in [0.5, 0.6) is 23.0 Å². The van der Waals surface area contributed by atoms with Gasteiger partial charge in [-0.1, -0.05) is 12.8 Å². The van der Waals surface area contributed by atoms with E-state index in [1.54, 1.807) is 28.4 Å². The van der Waals surface area contributed by atoms with E-state index in [0.717, 1.165) is 48.3 Å². The zero-order valence-electron chi connectivity index (χ0n) is 16.9. The Bertz CT molecular complexity index is 534. The lowest BCUT2D eigenvalue weighted by Gasteiger charge is -2.21. The molecule has 6 heteroatoms. The molecular weight excluding hydrogens is 352 g/mol. The van der Waals surface area contributed by atoms with Gasteiger partial charge in [0.25, 0.3) is 0 Å². The molecule has 0 aliphatic heterocycles. The Morgan fingerprint density at radius 3 is 1.81 bits per heavy atom. The third-order valence-electron chi connectivity index (χ3n) is 4.41. The molecule has 1 aromatic carbocycles. The van der Waals surface area contributed by atoms with Gasteiger partial charge in [-0.2, -0.15) is 11.8 Å². The lowest BCUT2D eigenvalue weighted by Crippen LogP contribution is -2.05. The minimum Gasteiger partial charge on any atom is -0.492 e. The van der Waals surface area contributed by atoms with Gasteiger partial charge in [-0.3, -0.25) is 0 Å². The predicted octanol–water partition coefficient (Wildman–Crippen LogP) is 4.25. The van der Waals surface area contributed by atoms with Crippen molar-refractivity contribution in [1.82, 2.24) is 0 Å². The van der Waals surface area contributed by atoms with Gasteiger partial charge in [0.2, 0.25) is 11.5 Å². The summed E-state index contributed by atoms with van der Waals surface area (Å²) in [5.74, 6) is 4.89. The number of methoxy groups -OCH3 is 4. The molecule has 0 amide bonds. The number of hydrogen-bond donors (Lipinski definition) is 1. The van der Waals surface area contributed by atoms with E-state index in [2.05, 4.69) is 0 Å². The molecule has 1 rings (SSSR count). The first-order valence-electron chi connectivity index (χ1n) is 9.20. The largest absolute Gasteiger partial charge is 0.492 e. The quantitative estimate of drug-likeness (QED) is 0.483. The van der Waals surface area contributed by atoms with Gasteiger partial charge in [-0.15, -0.1) is 0 Å². The minimum atomic E-state index is 0.309. The van der Waals surface area contributed by atoms with Crippen LogP contribution in [0.2, 0.25) is 0 Å². The molecule has 0 aliphatic carbocycles. The fraction of sp³-hybridized carbons (Fsp3) is 0.700. The fourth-order valence-electron chi connectivity index (χ4n) is 3.08. The average molecular weight is 387 g/mol. The van der Waals surface area contributed by atoms with Crippen molar-refractivity contribution in [3.05, 3.63) is 11.1 Å². The predicted molar refractivity (Wildman–Crippen MR) is 109 cm³/mol. The van der Waals surface area contributed by atoms with Crippen LogP contribution in [-0.2, 0) is 6.42 Å². The zero-order valence-corrected chi connectivity index (χ0v) is 17.7. The van der Waals surface area contributed by atoms with Gasteiger partial charge in [-0.05, 0) is 44.1 Å². The topological polar surface area (TPSA) is 57.2 Å². The average Bonchev–Trinajstić information content (AvgIpc) is 2.66. The van der Waals surface area contributed by atoms with Crippen molar-refractivity contribution in [2.75, 3.05) is 46.6 Å². The highest BCUT2D eigenvalue weighted by molar-refractivity contribution is 7.99. The second kappa shape index (κ2) is 13.0. The second-order valence-corrected chi connectivity index (χ2v) is 7.32. The highest BCUT2D eigenvalue weighted by Crippen LogP contribution is 2.49. The number of hydrogen-bond acceptors (Lipinski definition) is 6. The summed E-state index contributed by atoms with van der Waals surface area (Å²) in [5.41, 5.74) is 2.15. The number of ether oxygens (including phenoxy) is 4. The number of aliphatic hydroxyl groups is 1. The molecule has 0 saturated heterocycles. The molecule has 0 fully saturated rings. The molecule has 0 bridgehead atoms. The maximum absolute atomic E-state index is 8.78. The van der Waals surface area contributed by atoms with Crippen molar-refractivity contribution in [3.8, 4) is 23.0 Å². The number of unbranched alkanes of at least 4 members (excludes halogenated alkanes) is 3. The Kier molecular flexibility index (Phi) is 11.4. The molecule has 150 valence electrons. The van der Waals surface area contributed by atoms with Crippen LogP contribution in [0, 0.1) is 6.92 Å². The monoisotopic (exact) mass is 386 g/mol. The van der Waals surface area contributed by atoms with Crippen molar-refractivity contribution in [3.63, 3.8) is 0 Å². The molecule has 0 radical (unpaired) electrons. The summed E-state index contributed by atoms with van der Waals surface area (Å²) in [6, 6.07) is 0. The van der Waals surface area contributed by atoms with Gasteiger partial charge in [0.15, 0.2) is 11.5 Å². The molecule has 1 N–H and O–H groups in total. The molecular formula is C20H34O5S. The van der Waals surface area contributed by atoms with Gasteiger partial charge >= 0.3 is 0 Å². The summed E-state index contributed by atoms with van der Waals surface area (Å²) in [4.78, 5) is 0. The number of rotatable bonds is 14. The molecule has 0 spiro atoms. The van der Waals surface area contributed by atoms with Gasteiger partial charge in [-0.25, -0.2) is 0 Å². The Morgan fingerprint density at radius 2 is 1.23 bits per heavy atom. The molecule has 0 heterocycles. The van der Waals surface area contributed by atoms with Crippen molar-refractivity contribution < 1.29 is 24.1 Å². The molecule has 0 unspecified atom stereocenters. The van der Waals surface area contributed by atoms with Crippen LogP contribution < -0.4 is 18.9 Å². The van der Waals surface area contributed by atoms with Gasteiger partial charge in [0, 0.05) is 17.7 Å². The smallest absolute Gasteiger partial charge is 0.207 e. The van der Waals surface area contributed by atoms with E-state index in [-0.39, 0.29) is 0 Å². The molecule has 0 atom stereocenters. The zero-order chi connectivity index (χ0) is 19.4. The standard InChI is InChI=1S/C20H34O5S/c1-15-16(11-10-14-26-13-9-7-6-8-12-21)18(23-3)20(25-5)19(24-4)17(15)22-2/h21H,6-14H2,1-5H3. The minimum absolute atomic E-state index is 0.309. The lowest BCUT2D eigenvalue weighted by molar-refractivity contribution is 0.283. The summed E-state index contributed by atoms with van der Waals surface area (Å²) in [5, 5.41) is 8.78. The second-order valence-electron chi connectivity index (χ2n) is 6.09. The van der Waals surface area contributed by atoms with Gasteiger partial charge in [0.05, 0.1) is 28.4 Å². The maximum Gasteiger partial charge on any atom is 0.207 e. The van der Waals surface area contributed by atoms with Crippen LogP contribution in [0.3, 0.4) is 0 Å². The normalized spacial score (nSPS) is 10.7. The summed E-state index contributed by atoms with van der Waals surface area (Å²) < 4.78 is 22.2. The third kappa shape index (κ3) is 6.16. The van der Waals surface area contributed by atoms with Gasteiger partial charge in [0.1, 0.15) is 0 Å². The Labute approximate surface area is 162 Å². The molecule has 0 aliphatic rings. The third-order valence-corrected chi connectivity index (χ3v) is 5.57. The van der Waals surface area contributed by atoms with Crippen LogP contribution in [0.4, 0.5) is 0 Å². The van der Waals surface area contributed by atoms with Crippen LogP contribution >= 0.6 is 11.8 Å². The first-order chi connectivity index (χ1) is 12.7. The van der Waals surface area contributed by atoms with E-state index in [1.807, 2.05) is 18.7 Å². The van der Waals surface area contributed by atoms with Crippen molar-refractivity contribution in [2.45, 2.75) is 45.4 Å². The summed E-state index contributed by atoms with van der Waals surface area (Å²) >= 11 is 1.99. The van der Waals surface area contributed by atoms with Crippen LogP contribution in [0.15, 0.2) is 0 Å². The van der Waals surface area contributed by atoms with E-state index in [1.165, 1.54) is 18.6 Å². The Morgan fingerprint density at radius 1 is 0.692 bits per heavy atom. The molecule has 26 heavy (non-hydrogen) atoms. The van der Waals surface area contributed by atoms with E-state index in [4.69, 9.17) is 24.1 Å². The van der Waals surface area contributed by atoms with Crippen LogP contribution in [0.25, 0.3) is 0 Å². The summed E-state index contributed by atoms with van der Waals surface area (Å²) in [6.45, 7) is 2.34. The molecule has 5 nitrogen and oxygen atoms in total. The molecule has 0 saturated carbocycles. The Balaban J connectivity index is 2.68. The molecule has 1 aromatic rings. The van der Waals surface area contributed by atoms with Crippen LogP contribution in [-0.4, -0.2) is 51.7 Å². The fourth-order valence-corrected chi connectivity index (χ4v) is 4.04. The number of benzene rings is 1. The first-order valence-corrected chi connectivity index (χ1v) is 10.4. The van der Waals surface area contributed by atoms with Crippen molar-refractivity contribution >= 4 is 11.8 Å². The highest BCUT2D eigenvalue weighted by Gasteiger charge is 2.24. The SMILES string of the molecule is COc1c(C)c(CCCSCCCCCCO)c(OC)c(OC)c1OC. The summed E-state index contributed by atoms with van der Waals surface area (Å²) in [6.07, 6.45) is 6.44. The number of thioether (sulfide) groups is 1.